The predicted octanol–water partition coefficient (Wildman–Crippen LogP) is 3.14. The smallest absolute Gasteiger partial charge is 0.109 e. The summed E-state index contributed by atoms with van der Waals surface area (Å²) in [6.45, 7) is 4.61. The molecule has 104 valence electrons. The van der Waals surface area contributed by atoms with Gasteiger partial charge in [0.05, 0.1) is 12.2 Å². The van der Waals surface area contributed by atoms with Crippen LogP contribution in [0, 0.1) is 0 Å². The van der Waals surface area contributed by atoms with E-state index in [1.807, 2.05) is 0 Å². The maximum Gasteiger partial charge on any atom is 0.109 e. The molecule has 1 aromatic heterocycles. The Balaban J connectivity index is 1.87. The molecule has 0 N–H and O–H groups in total. The molecule has 1 aromatic carbocycles. The van der Waals surface area contributed by atoms with Crippen molar-refractivity contribution in [2.24, 2.45) is 7.05 Å². The number of anilines is 1. The fourth-order valence-corrected chi connectivity index (χ4v) is 3.86. The van der Waals surface area contributed by atoms with E-state index in [9.17, 15) is 0 Å². The van der Waals surface area contributed by atoms with Crippen LogP contribution in [0.3, 0.4) is 0 Å². The normalized spacial score (nSPS) is 28.3. The highest BCUT2D eigenvalue weighted by molar-refractivity contribution is 5.48. The van der Waals surface area contributed by atoms with Crippen molar-refractivity contribution in [3.05, 3.63) is 53.7 Å². The highest BCUT2D eigenvalue weighted by Gasteiger charge is 2.38. The molecule has 3 aliphatic heterocycles. The Morgan fingerprint density at radius 1 is 1.10 bits per heavy atom. The number of fused-ring (bicyclic) bond motifs is 2. The third-order valence-electron chi connectivity index (χ3n) is 4.92. The lowest BCUT2D eigenvalue weighted by Gasteiger charge is -2.45. The van der Waals surface area contributed by atoms with Crippen LogP contribution in [0.15, 0.2) is 42.6 Å². The van der Waals surface area contributed by atoms with Crippen molar-refractivity contribution < 1.29 is 0 Å². The van der Waals surface area contributed by atoms with Crippen molar-refractivity contribution >= 4 is 5.82 Å². The van der Waals surface area contributed by atoms with Crippen molar-refractivity contribution in [2.45, 2.75) is 32.1 Å². The quantitative estimate of drug-likeness (QED) is 0.786. The number of benzene rings is 1. The minimum absolute atomic E-state index is 0.453. The van der Waals surface area contributed by atoms with Crippen LogP contribution >= 0.6 is 0 Å². The highest BCUT2D eigenvalue weighted by Crippen LogP contribution is 2.41. The van der Waals surface area contributed by atoms with Gasteiger partial charge in [0, 0.05) is 26.3 Å². The Kier molecular flexibility index (Phi) is 2.64. The molecule has 0 spiro atoms. The van der Waals surface area contributed by atoms with E-state index in [-0.39, 0.29) is 0 Å². The number of hydrogen-bond acceptors (Lipinski definition) is 2. The maximum absolute atomic E-state index is 2.59. The standard InChI is InChI=1S/C17H21N3/c1-13-19-11-9-16(15-7-4-3-6-14(15)12-19)20(13)17-8-5-10-18(17)2/h3-8,10,13,16H,9,11-12H2,1-2H3/t13-,16?/m0/s1. The van der Waals surface area contributed by atoms with E-state index >= 15 is 0 Å². The van der Waals surface area contributed by atoms with Crippen LogP contribution in [0.25, 0.3) is 0 Å². The van der Waals surface area contributed by atoms with E-state index in [4.69, 9.17) is 0 Å². The Morgan fingerprint density at radius 3 is 2.75 bits per heavy atom. The fraction of sp³-hybridized carbons (Fsp3) is 0.412. The summed E-state index contributed by atoms with van der Waals surface area (Å²) in [5.41, 5.74) is 3.01. The first-order valence-corrected chi connectivity index (χ1v) is 7.47. The van der Waals surface area contributed by atoms with Gasteiger partial charge in [-0.2, -0.15) is 0 Å². The summed E-state index contributed by atoms with van der Waals surface area (Å²) in [5.74, 6) is 1.32. The third-order valence-corrected chi connectivity index (χ3v) is 4.92. The van der Waals surface area contributed by atoms with Gasteiger partial charge >= 0.3 is 0 Å². The topological polar surface area (TPSA) is 11.4 Å². The lowest BCUT2D eigenvalue weighted by atomic mass is 9.97. The lowest BCUT2D eigenvalue weighted by Crippen LogP contribution is -2.51. The van der Waals surface area contributed by atoms with Crippen LogP contribution in [-0.4, -0.2) is 22.2 Å². The SMILES string of the molecule is C[C@H]1N2CCC(c3ccccc3C2)N1c1cccn1C. The lowest BCUT2D eigenvalue weighted by molar-refractivity contribution is 0.152. The molecule has 2 bridgehead atoms. The van der Waals surface area contributed by atoms with Crippen LogP contribution in [0.4, 0.5) is 5.82 Å². The van der Waals surface area contributed by atoms with E-state index in [0.717, 1.165) is 6.54 Å². The molecule has 1 saturated heterocycles. The molecule has 0 radical (unpaired) electrons. The number of aromatic nitrogens is 1. The molecule has 0 saturated carbocycles. The minimum Gasteiger partial charge on any atom is -0.338 e. The highest BCUT2D eigenvalue weighted by atomic mass is 15.4. The Labute approximate surface area is 120 Å². The maximum atomic E-state index is 2.59. The second kappa shape index (κ2) is 4.38. The van der Waals surface area contributed by atoms with Gasteiger partial charge in [0.25, 0.3) is 0 Å². The predicted molar refractivity (Wildman–Crippen MR) is 81.6 cm³/mol. The van der Waals surface area contributed by atoms with Crippen molar-refractivity contribution in [3.8, 4) is 0 Å². The molecule has 2 aromatic rings. The van der Waals surface area contributed by atoms with Gasteiger partial charge in [-0.15, -0.1) is 0 Å². The molecule has 0 amide bonds. The van der Waals surface area contributed by atoms with Crippen molar-refractivity contribution in [3.63, 3.8) is 0 Å². The molecule has 0 aliphatic carbocycles. The van der Waals surface area contributed by atoms with Gasteiger partial charge in [-0.1, -0.05) is 24.3 Å². The van der Waals surface area contributed by atoms with E-state index in [1.54, 1.807) is 0 Å². The molecule has 3 heteroatoms. The van der Waals surface area contributed by atoms with Crippen LogP contribution in [0.2, 0.25) is 0 Å². The first-order chi connectivity index (χ1) is 9.75. The molecule has 3 nitrogen and oxygen atoms in total. The van der Waals surface area contributed by atoms with Crippen molar-refractivity contribution in [1.82, 2.24) is 9.47 Å². The molecule has 1 fully saturated rings. The molecule has 20 heavy (non-hydrogen) atoms. The van der Waals surface area contributed by atoms with E-state index in [2.05, 4.69) is 70.9 Å². The van der Waals surface area contributed by atoms with Crippen molar-refractivity contribution in [2.75, 3.05) is 11.4 Å². The first kappa shape index (κ1) is 12.0. The summed E-state index contributed by atoms with van der Waals surface area (Å²) >= 11 is 0. The Bertz CT molecular complexity index is 631. The molecular formula is C17H21N3. The summed E-state index contributed by atoms with van der Waals surface area (Å²) in [7, 11) is 2.14. The summed E-state index contributed by atoms with van der Waals surface area (Å²) in [4.78, 5) is 5.19. The number of hydrogen-bond donors (Lipinski definition) is 0. The summed E-state index contributed by atoms with van der Waals surface area (Å²) in [6, 6.07) is 13.8. The van der Waals surface area contributed by atoms with Gasteiger partial charge in [0.1, 0.15) is 5.82 Å². The third kappa shape index (κ3) is 1.63. The Morgan fingerprint density at radius 2 is 1.95 bits per heavy atom. The Hall–Kier alpha value is -1.74. The van der Waals surface area contributed by atoms with Gasteiger partial charge in [-0.3, -0.25) is 4.90 Å². The van der Waals surface area contributed by atoms with E-state index < -0.39 is 0 Å². The summed E-state index contributed by atoms with van der Waals surface area (Å²) < 4.78 is 2.24. The molecule has 5 rings (SSSR count). The summed E-state index contributed by atoms with van der Waals surface area (Å²) in [6.07, 6.45) is 3.81. The average Bonchev–Trinajstić information content (AvgIpc) is 2.73. The van der Waals surface area contributed by atoms with Gasteiger partial charge in [0.15, 0.2) is 0 Å². The molecule has 4 heterocycles. The second-order valence-corrected chi connectivity index (χ2v) is 5.99. The molecule has 3 atom stereocenters. The monoisotopic (exact) mass is 267 g/mol. The largest absolute Gasteiger partial charge is 0.338 e. The van der Waals surface area contributed by atoms with Gasteiger partial charge in [-0.25, -0.2) is 0 Å². The number of nitrogens with zero attached hydrogens (tertiary/aromatic N) is 3. The van der Waals surface area contributed by atoms with Gasteiger partial charge < -0.3 is 9.47 Å². The zero-order valence-electron chi connectivity index (χ0n) is 12.2. The van der Waals surface area contributed by atoms with Crippen molar-refractivity contribution in [1.29, 1.82) is 0 Å². The summed E-state index contributed by atoms with van der Waals surface area (Å²) in [5, 5.41) is 0. The fourth-order valence-electron chi connectivity index (χ4n) is 3.86. The average molecular weight is 267 g/mol. The van der Waals surface area contributed by atoms with E-state index in [1.165, 1.54) is 29.9 Å². The zero-order chi connectivity index (χ0) is 13.7. The van der Waals surface area contributed by atoms with Crippen LogP contribution < -0.4 is 4.90 Å². The van der Waals surface area contributed by atoms with Crippen LogP contribution in [0.1, 0.15) is 30.5 Å². The first-order valence-electron chi connectivity index (χ1n) is 7.47. The zero-order valence-corrected chi connectivity index (χ0v) is 12.2. The van der Waals surface area contributed by atoms with Crippen LogP contribution in [0.5, 0.6) is 0 Å². The molecule has 3 aliphatic rings. The molecular weight excluding hydrogens is 246 g/mol. The van der Waals surface area contributed by atoms with Crippen LogP contribution in [-0.2, 0) is 13.6 Å². The van der Waals surface area contributed by atoms with E-state index in [0.29, 0.717) is 12.2 Å². The number of aryl methyl sites for hydroxylation is 1. The minimum atomic E-state index is 0.453. The van der Waals surface area contributed by atoms with Gasteiger partial charge in [0.2, 0.25) is 0 Å². The number of rotatable bonds is 1. The molecule has 2 unspecified atom stereocenters. The second-order valence-electron chi connectivity index (χ2n) is 5.99. The van der Waals surface area contributed by atoms with Gasteiger partial charge in [-0.05, 0) is 36.6 Å².